The molecule has 134 valence electrons. The van der Waals surface area contributed by atoms with Crippen LogP contribution in [0, 0.1) is 0 Å². The van der Waals surface area contributed by atoms with Gasteiger partial charge < -0.3 is 19.7 Å². The number of hydrogen-bond donors (Lipinski definition) is 1. The number of nitrogens with zero attached hydrogens (tertiary/aromatic N) is 1. The van der Waals surface area contributed by atoms with Gasteiger partial charge in [-0.15, -0.1) is 0 Å². The molecule has 2 heterocycles. The molecule has 2 aliphatic rings. The molecule has 1 N–H and O–H groups in total. The van der Waals surface area contributed by atoms with Crippen LogP contribution in [0.3, 0.4) is 0 Å². The fraction of sp³-hybridized carbons (Fsp3) is 0.300. The average molecular weight is 352 g/mol. The molecule has 0 unspecified atom stereocenters. The van der Waals surface area contributed by atoms with E-state index < -0.39 is 5.60 Å². The van der Waals surface area contributed by atoms with Crippen LogP contribution in [0.25, 0.3) is 0 Å². The first-order valence-corrected chi connectivity index (χ1v) is 8.64. The summed E-state index contributed by atoms with van der Waals surface area (Å²) in [6.45, 7) is 1.05. The summed E-state index contributed by atoms with van der Waals surface area (Å²) in [5, 5.41) is 2.89. The number of benzene rings is 2. The second kappa shape index (κ2) is 6.37. The molecule has 4 rings (SSSR count). The van der Waals surface area contributed by atoms with Crippen molar-refractivity contribution in [3.63, 3.8) is 0 Å². The number of carbonyl (C=O) groups is 2. The highest BCUT2D eigenvalue weighted by Crippen LogP contribution is 2.43. The summed E-state index contributed by atoms with van der Waals surface area (Å²) in [5.41, 5.74) is 1.67. The molecule has 0 aliphatic carbocycles. The van der Waals surface area contributed by atoms with E-state index >= 15 is 0 Å². The maximum atomic E-state index is 12.5. The van der Waals surface area contributed by atoms with E-state index in [0.29, 0.717) is 42.9 Å². The lowest BCUT2D eigenvalue weighted by molar-refractivity contribution is -0.0363. The predicted molar refractivity (Wildman–Crippen MR) is 96.4 cm³/mol. The van der Waals surface area contributed by atoms with Gasteiger partial charge in [0.15, 0.2) is 0 Å². The van der Waals surface area contributed by atoms with Crippen molar-refractivity contribution in [2.24, 2.45) is 0 Å². The quantitative estimate of drug-likeness (QED) is 0.841. The van der Waals surface area contributed by atoms with E-state index in [4.69, 9.17) is 9.47 Å². The summed E-state index contributed by atoms with van der Waals surface area (Å²) < 4.78 is 10.9. The summed E-state index contributed by atoms with van der Waals surface area (Å²) in [5.74, 6) is 0.421. The van der Waals surface area contributed by atoms with Crippen LogP contribution < -0.4 is 10.1 Å². The van der Waals surface area contributed by atoms with E-state index in [1.807, 2.05) is 36.4 Å². The van der Waals surface area contributed by atoms with Gasteiger partial charge >= 0.3 is 12.0 Å². The third-order valence-corrected chi connectivity index (χ3v) is 5.11. The standard InChI is InChI=1S/C20H20N2O4/c1-25-15-6-4-5-14(13-15)21-19(24)22-11-9-20(10-12-22)17-8-3-2-7-16(17)18(23)26-20/h2-8,13H,9-12H2,1H3,(H,21,24). The normalized spacial score (nSPS) is 17.6. The van der Waals surface area contributed by atoms with Crippen LogP contribution in [0.4, 0.5) is 10.5 Å². The van der Waals surface area contributed by atoms with Gasteiger partial charge in [-0.05, 0) is 18.2 Å². The van der Waals surface area contributed by atoms with Gasteiger partial charge in [0.1, 0.15) is 11.4 Å². The van der Waals surface area contributed by atoms with Crippen molar-refractivity contribution >= 4 is 17.7 Å². The van der Waals surface area contributed by atoms with Crippen LogP contribution in [0.5, 0.6) is 5.75 Å². The maximum absolute atomic E-state index is 12.5. The van der Waals surface area contributed by atoms with E-state index in [1.54, 1.807) is 24.1 Å². The van der Waals surface area contributed by atoms with Crippen molar-refractivity contribution in [2.45, 2.75) is 18.4 Å². The minimum Gasteiger partial charge on any atom is -0.497 e. The van der Waals surface area contributed by atoms with Crippen molar-refractivity contribution in [2.75, 3.05) is 25.5 Å². The Morgan fingerprint density at radius 3 is 2.69 bits per heavy atom. The second-order valence-electron chi connectivity index (χ2n) is 6.58. The van der Waals surface area contributed by atoms with Gasteiger partial charge in [-0.1, -0.05) is 24.3 Å². The SMILES string of the molecule is COc1cccc(NC(=O)N2CCC3(CC2)OC(=O)c2ccccc23)c1. The Morgan fingerprint density at radius 1 is 1.15 bits per heavy atom. The molecule has 6 nitrogen and oxygen atoms in total. The molecule has 0 bridgehead atoms. The smallest absolute Gasteiger partial charge is 0.339 e. The molecule has 2 amide bonds. The molecule has 2 aromatic rings. The van der Waals surface area contributed by atoms with E-state index in [-0.39, 0.29) is 12.0 Å². The van der Waals surface area contributed by atoms with Crippen molar-refractivity contribution in [1.29, 1.82) is 0 Å². The number of carbonyl (C=O) groups excluding carboxylic acids is 2. The summed E-state index contributed by atoms with van der Waals surface area (Å²) >= 11 is 0. The van der Waals surface area contributed by atoms with Crippen LogP contribution in [-0.4, -0.2) is 37.1 Å². The molecule has 2 aliphatic heterocycles. The van der Waals surface area contributed by atoms with Gasteiger partial charge in [0.2, 0.25) is 0 Å². The molecule has 1 fully saturated rings. The average Bonchev–Trinajstić information content (AvgIpc) is 2.94. The van der Waals surface area contributed by atoms with E-state index in [2.05, 4.69) is 5.32 Å². The van der Waals surface area contributed by atoms with Gasteiger partial charge in [0.05, 0.1) is 12.7 Å². The number of urea groups is 1. The number of ether oxygens (including phenoxy) is 2. The molecular formula is C20H20N2O4. The first-order valence-electron chi connectivity index (χ1n) is 8.64. The number of rotatable bonds is 2. The zero-order valence-electron chi connectivity index (χ0n) is 14.5. The predicted octanol–water partition coefficient (Wildman–Crippen LogP) is 3.39. The van der Waals surface area contributed by atoms with Crippen LogP contribution >= 0.6 is 0 Å². The molecule has 1 spiro atoms. The number of hydrogen-bond acceptors (Lipinski definition) is 4. The number of likely N-dealkylation sites (tertiary alicyclic amines) is 1. The lowest BCUT2D eigenvalue weighted by Gasteiger charge is -2.38. The van der Waals surface area contributed by atoms with Gasteiger partial charge in [-0.2, -0.15) is 0 Å². The summed E-state index contributed by atoms with van der Waals surface area (Å²) in [6.07, 6.45) is 1.20. The zero-order valence-corrected chi connectivity index (χ0v) is 14.5. The Bertz CT molecular complexity index is 856. The van der Waals surface area contributed by atoms with Crippen molar-refractivity contribution < 1.29 is 19.1 Å². The fourth-order valence-corrected chi connectivity index (χ4v) is 3.69. The number of nitrogens with one attached hydrogen (secondary N) is 1. The molecule has 6 heteroatoms. The Hall–Kier alpha value is -3.02. The molecule has 0 atom stereocenters. The van der Waals surface area contributed by atoms with E-state index in [0.717, 1.165) is 5.56 Å². The van der Waals surface area contributed by atoms with Crippen LogP contribution in [0.1, 0.15) is 28.8 Å². The number of piperidine rings is 1. The van der Waals surface area contributed by atoms with Gasteiger partial charge in [-0.25, -0.2) is 9.59 Å². The van der Waals surface area contributed by atoms with Gasteiger partial charge in [0.25, 0.3) is 0 Å². The number of esters is 1. The fourth-order valence-electron chi connectivity index (χ4n) is 3.69. The topological polar surface area (TPSA) is 67.9 Å². The Kier molecular flexibility index (Phi) is 4.03. The molecule has 1 saturated heterocycles. The molecule has 0 saturated carbocycles. The Morgan fingerprint density at radius 2 is 1.92 bits per heavy atom. The first-order chi connectivity index (χ1) is 12.6. The van der Waals surface area contributed by atoms with Crippen LogP contribution in [0.15, 0.2) is 48.5 Å². The van der Waals surface area contributed by atoms with E-state index in [1.165, 1.54) is 0 Å². The third kappa shape index (κ3) is 2.77. The van der Waals surface area contributed by atoms with Crippen molar-refractivity contribution in [3.8, 4) is 5.75 Å². The monoisotopic (exact) mass is 352 g/mol. The summed E-state index contributed by atoms with van der Waals surface area (Å²) in [4.78, 5) is 26.4. The zero-order chi connectivity index (χ0) is 18.1. The van der Waals surface area contributed by atoms with Gasteiger partial charge in [-0.3, -0.25) is 0 Å². The molecule has 0 aromatic heterocycles. The lowest BCUT2D eigenvalue weighted by atomic mass is 9.84. The highest BCUT2D eigenvalue weighted by Gasteiger charge is 2.47. The minimum absolute atomic E-state index is 0.161. The summed E-state index contributed by atoms with van der Waals surface area (Å²) in [6, 6.07) is 14.6. The van der Waals surface area contributed by atoms with Crippen molar-refractivity contribution in [1.82, 2.24) is 4.90 Å². The van der Waals surface area contributed by atoms with Gasteiger partial charge in [0, 0.05) is 43.2 Å². The number of fused-ring (bicyclic) bond motifs is 2. The highest BCUT2D eigenvalue weighted by molar-refractivity contribution is 5.95. The minimum atomic E-state index is -0.597. The third-order valence-electron chi connectivity index (χ3n) is 5.11. The Labute approximate surface area is 151 Å². The molecular weight excluding hydrogens is 332 g/mol. The summed E-state index contributed by atoms with van der Waals surface area (Å²) in [7, 11) is 1.59. The largest absolute Gasteiger partial charge is 0.497 e. The highest BCUT2D eigenvalue weighted by atomic mass is 16.6. The first kappa shape index (κ1) is 16.4. The van der Waals surface area contributed by atoms with Crippen LogP contribution in [0.2, 0.25) is 0 Å². The second-order valence-corrected chi connectivity index (χ2v) is 6.58. The lowest BCUT2D eigenvalue weighted by Crippen LogP contribution is -2.46. The molecule has 26 heavy (non-hydrogen) atoms. The Balaban J connectivity index is 1.44. The van der Waals surface area contributed by atoms with Crippen LogP contribution in [-0.2, 0) is 10.3 Å². The number of methoxy groups -OCH3 is 1. The maximum Gasteiger partial charge on any atom is 0.339 e. The van der Waals surface area contributed by atoms with Crippen molar-refractivity contribution in [3.05, 3.63) is 59.7 Å². The number of amides is 2. The van der Waals surface area contributed by atoms with E-state index in [9.17, 15) is 9.59 Å². The molecule has 2 aromatic carbocycles. The number of anilines is 1. The molecule has 0 radical (unpaired) electrons.